The number of ether oxygens (including phenoxy) is 2. The molecule has 3 aliphatic heterocycles. The summed E-state index contributed by atoms with van der Waals surface area (Å²) in [5, 5.41) is 5.78. The lowest BCUT2D eigenvalue weighted by Crippen LogP contribution is -2.58. The minimum atomic E-state index is -4.01. The molecule has 0 spiro atoms. The molecule has 1 saturated heterocycles. The number of rotatable bonds is 2. The number of carbonyl (C=O) groups excluding carboxylic acids is 2. The van der Waals surface area contributed by atoms with Gasteiger partial charge in [-0.15, -0.1) is 0 Å². The molecule has 0 saturated carbocycles. The molecule has 4 aromatic rings. The summed E-state index contributed by atoms with van der Waals surface area (Å²) >= 11 is 0. The van der Waals surface area contributed by atoms with Gasteiger partial charge in [0.15, 0.2) is 12.2 Å². The molecule has 0 radical (unpaired) electrons. The number of benzene rings is 3. The van der Waals surface area contributed by atoms with Gasteiger partial charge in [0.2, 0.25) is 10.0 Å². The van der Waals surface area contributed by atoms with Crippen LogP contribution in [0.4, 0.5) is 0 Å². The first-order valence-electron chi connectivity index (χ1n) is 13.7. The molecule has 0 aliphatic carbocycles. The zero-order valence-electron chi connectivity index (χ0n) is 23.5. The number of piperidine rings is 1. The summed E-state index contributed by atoms with van der Waals surface area (Å²) in [6, 6.07) is 15.7. The van der Waals surface area contributed by atoms with E-state index in [0.717, 1.165) is 11.1 Å². The van der Waals surface area contributed by atoms with Gasteiger partial charge < -0.3 is 24.5 Å². The maximum atomic E-state index is 13.8. The standard InChI is InChI=1S/C30H30N4O8S/c1-18-3-6-20-13-27(18)40-17-28(35)31-15-19-4-7-21(8-5-19)41-25-11-12-34(16-23(25)32-29(20)36)43(38,39)22-9-10-26-24(14-22)33(2)30(37)42-26/h3-10,13-14,23,25H,11-12,15-17H2,1-2H3,(H,31,35)(H,32,36)/t23-,25-/m0/s1. The summed E-state index contributed by atoms with van der Waals surface area (Å²) in [6.07, 6.45) is -0.230. The van der Waals surface area contributed by atoms with Gasteiger partial charge in [0, 0.05) is 38.7 Å². The molecule has 0 unspecified atom stereocenters. The number of carbonyl (C=O) groups is 2. The maximum absolute atomic E-state index is 13.8. The average molecular weight is 607 g/mol. The first kappa shape index (κ1) is 28.5. The Morgan fingerprint density at radius 3 is 2.56 bits per heavy atom. The lowest BCUT2D eigenvalue weighted by Gasteiger charge is -2.38. The molecular formula is C30H30N4O8S. The Morgan fingerprint density at radius 1 is 0.977 bits per heavy atom. The highest BCUT2D eigenvalue weighted by Gasteiger charge is 2.38. The van der Waals surface area contributed by atoms with Crippen LogP contribution in [0.25, 0.3) is 11.1 Å². The smallest absolute Gasteiger partial charge is 0.419 e. The summed E-state index contributed by atoms with van der Waals surface area (Å²) in [7, 11) is -2.50. The summed E-state index contributed by atoms with van der Waals surface area (Å²) in [5.41, 5.74) is 2.55. The summed E-state index contributed by atoms with van der Waals surface area (Å²) in [5.74, 6) is -0.401. The fourth-order valence-corrected chi connectivity index (χ4v) is 6.72. The fraction of sp³-hybridized carbons (Fsp3) is 0.300. The van der Waals surface area contributed by atoms with Gasteiger partial charge in [-0.25, -0.2) is 13.2 Å². The van der Waals surface area contributed by atoms with Crippen molar-refractivity contribution in [2.45, 2.75) is 36.9 Å². The number of oxazole rings is 1. The van der Waals surface area contributed by atoms with Crippen molar-refractivity contribution < 1.29 is 31.9 Å². The maximum Gasteiger partial charge on any atom is 0.419 e. The highest BCUT2D eigenvalue weighted by Crippen LogP contribution is 2.27. The third-order valence-electron chi connectivity index (χ3n) is 7.74. The van der Waals surface area contributed by atoms with Crippen molar-refractivity contribution in [2.24, 2.45) is 7.05 Å². The second-order valence-corrected chi connectivity index (χ2v) is 12.6. The van der Waals surface area contributed by atoms with E-state index < -0.39 is 33.8 Å². The van der Waals surface area contributed by atoms with E-state index in [-0.39, 0.29) is 36.1 Å². The number of amides is 2. The van der Waals surface area contributed by atoms with Crippen molar-refractivity contribution in [3.05, 3.63) is 87.9 Å². The van der Waals surface area contributed by atoms with Gasteiger partial charge in [-0.05, 0) is 60.5 Å². The molecule has 3 aromatic carbocycles. The van der Waals surface area contributed by atoms with Crippen LogP contribution in [-0.4, -0.2) is 60.9 Å². The highest BCUT2D eigenvalue weighted by molar-refractivity contribution is 7.89. The Morgan fingerprint density at radius 2 is 1.77 bits per heavy atom. The average Bonchev–Trinajstić information content (AvgIpc) is 3.28. The Hall–Kier alpha value is -4.62. The van der Waals surface area contributed by atoms with E-state index >= 15 is 0 Å². The number of nitrogens with zero attached hydrogens (tertiary/aromatic N) is 2. The van der Waals surface area contributed by atoms with Gasteiger partial charge in [0.25, 0.3) is 11.8 Å². The van der Waals surface area contributed by atoms with Crippen molar-refractivity contribution in [3.63, 3.8) is 0 Å². The van der Waals surface area contributed by atoms with Crippen LogP contribution < -0.4 is 25.9 Å². The van der Waals surface area contributed by atoms with Gasteiger partial charge in [0.1, 0.15) is 17.6 Å². The number of fused-ring (bicyclic) bond motifs is 8. The highest BCUT2D eigenvalue weighted by atomic mass is 32.2. The third kappa shape index (κ3) is 5.73. The minimum Gasteiger partial charge on any atom is -0.488 e. The minimum absolute atomic E-state index is 0.00503. The van der Waals surface area contributed by atoms with Crippen molar-refractivity contribution >= 4 is 32.9 Å². The second kappa shape index (κ2) is 11.2. The van der Waals surface area contributed by atoms with E-state index in [2.05, 4.69) is 10.6 Å². The molecule has 7 rings (SSSR count). The topological polar surface area (TPSA) is 149 Å². The lowest BCUT2D eigenvalue weighted by molar-refractivity contribution is -0.123. The third-order valence-corrected chi connectivity index (χ3v) is 9.60. The zero-order chi connectivity index (χ0) is 30.3. The SMILES string of the molecule is Cc1ccc2cc1OCC(=O)NCc1ccc(cc1)O[C@H]1CCN(S(=O)(=O)c3ccc4oc(=O)n(C)c4c3)C[C@@H]1NC2=O. The summed E-state index contributed by atoms with van der Waals surface area (Å²) < 4.78 is 47.3. The summed E-state index contributed by atoms with van der Waals surface area (Å²) in [6.45, 7) is 2.00. The number of aromatic nitrogens is 1. The molecule has 2 N–H and O–H groups in total. The Labute approximate surface area is 247 Å². The molecule has 43 heavy (non-hydrogen) atoms. The molecule has 13 heteroatoms. The molecule has 3 aliphatic rings. The quantitative estimate of drug-likeness (QED) is 0.352. The molecule has 4 heterocycles. The van der Waals surface area contributed by atoms with Crippen LogP contribution >= 0.6 is 0 Å². The lowest BCUT2D eigenvalue weighted by atomic mass is 10.0. The van der Waals surface area contributed by atoms with Crippen LogP contribution in [0.1, 0.15) is 27.9 Å². The second-order valence-electron chi connectivity index (χ2n) is 10.6. The zero-order valence-corrected chi connectivity index (χ0v) is 24.3. The van der Waals surface area contributed by atoms with E-state index in [1.54, 1.807) is 30.3 Å². The van der Waals surface area contributed by atoms with Crippen LogP contribution in [-0.2, 0) is 28.4 Å². The van der Waals surface area contributed by atoms with Gasteiger partial charge >= 0.3 is 5.76 Å². The van der Waals surface area contributed by atoms with Crippen LogP contribution in [0, 0.1) is 6.92 Å². The predicted molar refractivity (Wildman–Crippen MR) is 155 cm³/mol. The van der Waals surface area contributed by atoms with Crippen LogP contribution in [0.3, 0.4) is 0 Å². The Balaban J connectivity index is 1.32. The van der Waals surface area contributed by atoms with Crippen LogP contribution in [0.5, 0.6) is 11.5 Å². The first-order chi connectivity index (χ1) is 20.6. The number of aryl methyl sites for hydroxylation is 2. The molecule has 224 valence electrons. The largest absolute Gasteiger partial charge is 0.488 e. The van der Waals surface area contributed by atoms with Crippen molar-refractivity contribution in [1.82, 2.24) is 19.5 Å². The monoisotopic (exact) mass is 606 g/mol. The van der Waals surface area contributed by atoms with E-state index in [4.69, 9.17) is 13.9 Å². The van der Waals surface area contributed by atoms with Gasteiger partial charge in [-0.3, -0.25) is 14.2 Å². The van der Waals surface area contributed by atoms with E-state index in [9.17, 15) is 22.8 Å². The van der Waals surface area contributed by atoms with Crippen LogP contribution in [0.2, 0.25) is 0 Å². The molecule has 2 atom stereocenters. The number of nitrogens with one attached hydrogen (secondary N) is 2. The molecule has 1 fully saturated rings. The summed E-state index contributed by atoms with van der Waals surface area (Å²) in [4.78, 5) is 37.8. The van der Waals surface area contributed by atoms with Crippen molar-refractivity contribution in [2.75, 3.05) is 19.7 Å². The molecule has 2 amide bonds. The van der Waals surface area contributed by atoms with E-state index in [0.29, 0.717) is 35.5 Å². The van der Waals surface area contributed by atoms with E-state index in [1.165, 1.54) is 34.1 Å². The predicted octanol–water partition coefficient (Wildman–Crippen LogP) is 2.09. The van der Waals surface area contributed by atoms with E-state index in [1.807, 2.05) is 19.1 Å². The fourth-order valence-electron chi connectivity index (χ4n) is 5.22. The molecule has 4 bridgehead atoms. The number of hydrogen-bond acceptors (Lipinski definition) is 8. The molecule has 12 nitrogen and oxygen atoms in total. The normalized spacial score (nSPS) is 20.0. The Kier molecular flexibility index (Phi) is 7.44. The Bertz CT molecular complexity index is 1880. The van der Waals surface area contributed by atoms with Crippen molar-refractivity contribution in [3.8, 4) is 11.5 Å². The molecule has 1 aromatic heterocycles. The van der Waals surface area contributed by atoms with Crippen molar-refractivity contribution in [1.29, 1.82) is 0 Å². The molecular weight excluding hydrogens is 576 g/mol. The first-order valence-corrected chi connectivity index (χ1v) is 15.2. The van der Waals surface area contributed by atoms with Gasteiger partial charge in [-0.2, -0.15) is 4.31 Å². The van der Waals surface area contributed by atoms with Gasteiger partial charge in [-0.1, -0.05) is 18.2 Å². The van der Waals surface area contributed by atoms with Crippen LogP contribution in [0.15, 0.2) is 74.8 Å². The van der Waals surface area contributed by atoms with Gasteiger partial charge in [0.05, 0.1) is 16.5 Å². The number of hydrogen-bond donors (Lipinski definition) is 2. The number of sulfonamides is 1.